The summed E-state index contributed by atoms with van der Waals surface area (Å²) in [5.41, 5.74) is 0.308. The fraction of sp³-hybridized carbons (Fsp3) is 0.800. The maximum Gasteiger partial charge on any atom is 0.149 e. The summed E-state index contributed by atoms with van der Waals surface area (Å²) in [6.45, 7) is 12.5. The first-order chi connectivity index (χ1) is 6.07. The summed E-state index contributed by atoms with van der Waals surface area (Å²) in [7, 11) is 0. The molecule has 0 aromatic carbocycles. The van der Waals surface area contributed by atoms with Crippen LogP contribution in [0.1, 0.15) is 27.7 Å². The minimum absolute atomic E-state index is 0.294. The number of ether oxygens (including phenoxy) is 1. The second kappa shape index (κ2) is 4.49. The van der Waals surface area contributed by atoms with Gasteiger partial charge in [-0.15, -0.1) is 0 Å². The van der Waals surface area contributed by atoms with Gasteiger partial charge in [-0.25, -0.2) is 0 Å². The zero-order valence-corrected chi connectivity index (χ0v) is 9.67. The normalized spacial score (nSPS) is 27.3. The van der Waals surface area contributed by atoms with E-state index in [0.717, 1.165) is 0 Å². The molecule has 2 nitrogen and oxygen atoms in total. The fourth-order valence-electron chi connectivity index (χ4n) is 1.68. The highest BCUT2D eigenvalue weighted by Crippen LogP contribution is 2.37. The summed E-state index contributed by atoms with van der Waals surface area (Å²) in [4.78, 5) is 2.39. The Morgan fingerprint density at radius 3 is 2.23 bits per heavy atom. The van der Waals surface area contributed by atoms with E-state index in [-0.39, 0.29) is 0 Å². The van der Waals surface area contributed by atoms with Gasteiger partial charge in [0.25, 0.3) is 0 Å². The highest BCUT2D eigenvalue weighted by molar-refractivity contribution is 8.02. The smallest absolute Gasteiger partial charge is 0.149 e. The van der Waals surface area contributed by atoms with Crippen molar-refractivity contribution in [2.45, 2.75) is 51.4 Å². The largest absolute Gasteiger partial charge is 0.341 e. The fourth-order valence-corrected chi connectivity index (χ4v) is 2.32. The standard InChI is InChI=1S/C10H19NOS/c1-6-13-10-9(12-10)11(7(2)3)8(4)5/h6-10H,1H2,2-5H3. The van der Waals surface area contributed by atoms with Crippen molar-refractivity contribution in [3.8, 4) is 0 Å². The van der Waals surface area contributed by atoms with Crippen LogP contribution in [0.3, 0.4) is 0 Å². The van der Waals surface area contributed by atoms with Gasteiger partial charge < -0.3 is 4.74 Å². The average Bonchev–Trinajstić information content (AvgIpc) is 2.67. The summed E-state index contributed by atoms with van der Waals surface area (Å²) < 4.78 is 5.56. The quantitative estimate of drug-likeness (QED) is 0.636. The van der Waals surface area contributed by atoms with E-state index >= 15 is 0 Å². The number of epoxide rings is 1. The Balaban J connectivity index is 2.45. The van der Waals surface area contributed by atoms with Crippen molar-refractivity contribution in [1.29, 1.82) is 0 Å². The molecule has 76 valence electrons. The van der Waals surface area contributed by atoms with Crippen LogP contribution in [0.5, 0.6) is 0 Å². The zero-order valence-electron chi connectivity index (χ0n) is 8.86. The first-order valence-corrected chi connectivity index (χ1v) is 5.71. The maximum atomic E-state index is 5.56. The molecule has 0 aliphatic carbocycles. The van der Waals surface area contributed by atoms with E-state index < -0.39 is 0 Å². The summed E-state index contributed by atoms with van der Waals surface area (Å²) >= 11 is 1.67. The Labute approximate surface area is 85.3 Å². The third-order valence-electron chi connectivity index (χ3n) is 2.15. The van der Waals surface area contributed by atoms with Crippen molar-refractivity contribution < 1.29 is 4.74 Å². The van der Waals surface area contributed by atoms with E-state index in [1.54, 1.807) is 11.8 Å². The van der Waals surface area contributed by atoms with Crippen molar-refractivity contribution in [2.75, 3.05) is 0 Å². The Bertz CT molecular complexity index is 174. The second-order valence-electron chi connectivity index (χ2n) is 3.83. The Morgan fingerprint density at radius 2 is 1.85 bits per heavy atom. The molecule has 2 unspecified atom stereocenters. The second-order valence-corrected chi connectivity index (χ2v) is 4.90. The van der Waals surface area contributed by atoms with Crippen LogP contribution in [0.4, 0.5) is 0 Å². The SMILES string of the molecule is C=CSC1OC1N(C(C)C)C(C)C. The van der Waals surface area contributed by atoms with Gasteiger partial charge in [-0.3, -0.25) is 4.90 Å². The van der Waals surface area contributed by atoms with Crippen LogP contribution in [0.25, 0.3) is 0 Å². The Kier molecular flexibility index (Phi) is 3.83. The van der Waals surface area contributed by atoms with Crippen molar-refractivity contribution in [1.82, 2.24) is 4.90 Å². The van der Waals surface area contributed by atoms with Crippen LogP contribution in [0.15, 0.2) is 12.0 Å². The Morgan fingerprint density at radius 1 is 1.31 bits per heavy atom. The molecular formula is C10H19NOS. The van der Waals surface area contributed by atoms with Crippen LogP contribution in [0.2, 0.25) is 0 Å². The molecule has 0 spiro atoms. The third-order valence-corrected chi connectivity index (χ3v) is 2.95. The predicted octanol–water partition coefficient (Wildman–Crippen LogP) is 2.66. The zero-order chi connectivity index (χ0) is 10.0. The molecule has 0 radical (unpaired) electrons. The van der Waals surface area contributed by atoms with Gasteiger partial charge in [0, 0.05) is 12.1 Å². The van der Waals surface area contributed by atoms with Crippen LogP contribution < -0.4 is 0 Å². The molecule has 1 rings (SSSR count). The van der Waals surface area contributed by atoms with Crippen molar-refractivity contribution >= 4 is 11.8 Å². The molecule has 0 saturated carbocycles. The lowest BCUT2D eigenvalue weighted by atomic mass is 10.2. The number of hydrogen-bond donors (Lipinski definition) is 0. The molecule has 1 saturated heterocycles. The average molecular weight is 201 g/mol. The molecule has 0 bridgehead atoms. The van der Waals surface area contributed by atoms with Gasteiger partial charge in [0.1, 0.15) is 11.7 Å². The molecule has 13 heavy (non-hydrogen) atoms. The van der Waals surface area contributed by atoms with Crippen LogP contribution in [0, 0.1) is 0 Å². The molecule has 1 heterocycles. The molecule has 1 aliphatic heterocycles. The van der Waals surface area contributed by atoms with Crippen molar-refractivity contribution in [3.05, 3.63) is 12.0 Å². The summed E-state index contributed by atoms with van der Waals surface area (Å²) in [6, 6.07) is 1.08. The molecule has 0 N–H and O–H groups in total. The van der Waals surface area contributed by atoms with Crippen LogP contribution in [-0.2, 0) is 4.74 Å². The highest BCUT2D eigenvalue weighted by Gasteiger charge is 2.45. The molecule has 3 heteroatoms. The molecule has 0 aromatic heterocycles. The molecule has 0 aromatic rings. The van der Waals surface area contributed by atoms with Gasteiger partial charge >= 0.3 is 0 Å². The van der Waals surface area contributed by atoms with Crippen LogP contribution >= 0.6 is 11.8 Å². The minimum Gasteiger partial charge on any atom is -0.341 e. The van der Waals surface area contributed by atoms with E-state index in [0.29, 0.717) is 23.7 Å². The summed E-state index contributed by atoms with van der Waals surface area (Å²) in [5.74, 6) is 0. The highest BCUT2D eigenvalue weighted by atomic mass is 32.2. The van der Waals surface area contributed by atoms with Gasteiger partial charge in [-0.1, -0.05) is 18.3 Å². The first-order valence-electron chi connectivity index (χ1n) is 4.77. The number of hydrogen-bond acceptors (Lipinski definition) is 3. The van der Waals surface area contributed by atoms with E-state index in [2.05, 4.69) is 39.2 Å². The molecule has 0 amide bonds. The molecule has 1 fully saturated rings. The van der Waals surface area contributed by atoms with Crippen molar-refractivity contribution in [3.63, 3.8) is 0 Å². The van der Waals surface area contributed by atoms with Gasteiger partial charge in [0.2, 0.25) is 0 Å². The van der Waals surface area contributed by atoms with E-state index in [9.17, 15) is 0 Å². The van der Waals surface area contributed by atoms with Gasteiger partial charge in [0.15, 0.2) is 0 Å². The van der Waals surface area contributed by atoms with E-state index in [4.69, 9.17) is 4.74 Å². The number of thioether (sulfide) groups is 1. The summed E-state index contributed by atoms with van der Waals surface area (Å²) in [6.07, 6.45) is 0.294. The Hall–Kier alpha value is 0.01000. The maximum absolute atomic E-state index is 5.56. The van der Waals surface area contributed by atoms with Gasteiger partial charge in [0.05, 0.1) is 0 Å². The topological polar surface area (TPSA) is 15.8 Å². The lowest BCUT2D eigenvalue weighted by molar-refractivity contribution is 0.104. The number of rotatable bonds is 5. The van der Waals surface area contributed by atoms with Gasteiger partial charge in [-0.05, 0) is 33.1 Å². The van der Waals surface area contributed by atoms with Gasteiger partial charge in [-0.2, -0.15) is 0 Å². The lowest BCUT2D eigenvalue weighted by Crippen LogP contribution is -2.40. The monoisotopic (exact) mass is 201 g/mol. The minimum atomic E-state index is 0.294. The molecule has 2 atom stereocenters. The lowest BCUT2D eigenvalue weighted by Gasteiger charge is -2.28. The number of nitrogens with zero attached hydrogens (tertiary/aromatic N) is 1. The third kappa shape index (κ3) is 2.73. The molecular weight excluding hydrogens is 182 g/mol. The molecule has 1 aliphatic rings. The summed E-state index contributed by atoms with van der Waals surface area (Å²) in [5, 5.41) is 1.85. The van der Waals surface area contributed by atoms with E-state index in [1.165, 1.54) is 0 Å². The van der Waals surface area contributed by atoms with E-state index in [1.807, 2.05) is 5.41 Å². The first kappa shape index (κ1) is 11.1. The van der Waals surface area contributed by atoms with Crippen molar-refractivity contribution in [2.24, 2.45) is 0 Å². The van der Waals surface area contributed by atoms with Crippen LogP contribution in [-0.4, -0.2) is 28.6 Å². The predicted molar refractivity (Wildman–Crippen MR) is 58.6 cm³/mol.